The third-order valence-corrected chi connectivity index (χ3v) is 7.09. The van der Waals surface area contributed by atoms with Crippen LogP contribution in [0.4, 0.5) is 11.5 Å². The molecule has 0 bridgehead atoms. The van der Waals surface area contributed by atoms with Crippen LogP contribution in [0.1, 0.15) is 6.42 Å². The maximum absolute atomic E-state index is 5.30. The van der Waals surface area contributed by atoms with E-state index in [0.717, 1.165) is 78.6 Å². The molecule has 3 heterocycles. The third kappa shape index (κ3) is 4.94. The first-order valence-corrected chi connectivity index (χ1v) is 12.3. The second-order valence-corrected chi connectivity index (χ2v) is 9.08. The van der Waals surface area contributed by atoms with Crippen LogP contribution in [0.25, 0.3) is 21.3 Å². The van der Waals surface area contributed by atoms with Gasteiger partial charge in [0.05, 0.1) is 12.5 Å². The Bertz CT molecular complexity index is 1170. The molecule has 0 spiro atoms. The van der Waals surface area contributed by atoms with Gasteiger partial charge in [0.1, 0.15) is 22.7 Å². The van der Waals surface area contributed by atoms with Crippen LogP contribution in [0.5, 0.6) is 5.75 Å². The number of methoxy groups -OCH3 is 1. The lowest BCUT2D eigenvalue weighted by Crippen LogP contribution is -2.46. The predicted molar refractivity (Wildman–Crippen MR) is 138 cm³/mol. The highest BCUT2D eigenvalue weighted by Gasteiger charge is 2.17. The monoisotopic (exact) mass is 459 g/mol. The molecule has 2 aromatic carbocycles. The Labute approximate surface area is 198 Å². The quantitative estimate of drug-likeness (QED) is 0.375. The van der Waals surface area contributed by atoms with E-state index in [0.29, 0.717) is 0 Å². The number of thiophene rings is 1. The van der Waals surface area contributed by atoms with E-state index >= 15 is 0 Å². The number of aromatic nitrogens is 2. The van der Waals surface area contributed by atoms with Crippen LogP contribution >= 0.6 is 11.3 Å². The minimum atomic E-state index is 0.859. The van der Waals surface area contributed by atoms with E-state index in [1.807, 2.05) is 12.1 Å². The Balaban J connectivity index is 1.17. The fourth-order valence-electron chi connectivity index (χ4n) is 4.37. The molecule has 1 aliphatic heterocycles. The molecule has 0 amide bonds. The van der Waals surface area contributed by atoms with Crippen molar-refractivity contribution in [2.75, 3.05) is 56.6 Å². The normalized spacial score (nSPS) is 14.5. The number of benzene rings is 2. The van der Waals surface area contributed by atoms with Gasteiger partial charge in [-0.05, 0) is 42.8 Å². The summed E-state index contributed by atoms with van der Waals surface area (Å²) in [6.07, 6.45) is 2.74. The van der Waals surface area contributed by atoms with E-state index < -0.39 is 0 Å². The number of ether oxygens (including phenoxy) is 1. The molecule has 0 unspecified atom stereocenters. The minimum Gasteiger partial charge on any atom is -0.497 e. The van der Waals surface area contributed by atoms with Crippen molar-refractivity contribution in [3.8, 4) is 16.9 Å². The molecule has 0 atom stereocenters. The maximum Gasteiger partial charge on any atom is 0.138 e. The van der Waals surface area contributed by atoms with E-state index in [-0.39, 0.29) is 0 Å². The van der Waals surface area contributed by atoms with Crippen LogP contribution < -0.4 is 15.0 Å². The summed E-state index contributed by atoms with van der Waals surface area (Å²) >= 11 is 1.66. The Morgan fingerprint density at radius 3 is 2.52 bits per heavy atom. The van der Waals surface area contributed by atoms with Gasteiger partial charge in [-0.25, -0.2) is 9.97 Å². The maximum atomic E-state index is 5.30. The summed E-state index contributed by atoms with van der Waals surface area (Å²) in [5.41, 5.74) is 3.64. The average Bonchev–Trinajstić information content (AvgIpc) is 3.33. The van der Waals surface area contributed by atoms with Gasteiger partial charge in [-0.3, -0.25) is 4.90 Å². The highest BCUT2D eigenvalue weighted by Crippen LogP contribution is 2.37. The number of hydrogen-bond donors (Lipinski definition) is 1. The Morgan fingerprint density at radius 2 is 1.76 bits per heavy atom. The summed E-state index contributed by atoms with van der Waals surface area (Å²) in [4.78, 5) is 15.1. The van der Waals surface area contributed by atoms with Crippen molar-refractivity contribution >= 4 is 33.1 Å². The van der Waals surface area contributed by atoms with Crippen LogP contribution in [-0.2, 0) is 0 Å². The molecule has 170 valence electrons. The first-order valence-electron chi connectivity index (χ1n) is 11.4. The summed E-state index contributed by atoms with van der Waals surface area (Å²) in [6, 6.07) is 18.9. The molecule has 0 radical (unpaired) electrons. The van der Waals surface area contributed by atoms with Crippen LogP contribution in [0.3, 0.4) is 0 Å². The fourth-order valence-corrected chi connectivity index (χ4v) is 5.29. The van der Waals surface area contributed by atoms with Gasteiger partial charge in [-0.15, -0.1) is 11.3 Å². The summed E-state index contributed by atoms with van der Waals surface area (Å²) in [7, 11) is 1.69. The molecule has 2 aromatic heterocycles. The van der Waals surface area contributed by atoms with Crippen molar-refractivity contribution < 1.29 is 4.74 Å². The SMILES string of the molecule is COc1ccc(-c2csc3ncnc(NCCCN4CCN(c5ccccc5)CC4)c23)cc1. The number of fused-ring (bicyclic) bond motifs is 1. The Morgan fingerprint density at radius 1 is 0.970 bits per heavy atom. The largest absolute Gasteiger partial charge is 0.497 e. The van der Waals surface area contributed by atoms with Gasteiger partial charge >= 0.3 is 0 Å². The lowest BCUT2D eigenvalue weighted by atomic mass is 10.1. The number of rotatable bonds is 8. The lowest BCUT2D eigenvalue weighted by Gasteiger charge is -2.36. The number of piperazine rings is 1. The van der Waals surface area contributed by atoms with Gasteiger partial charge in [-0.1, -0.05) is 30.3 Å². The number of hydrogen-bond acceptors (Lipinski definition) is 7. The van der Waals surface area contributed by atoms with Crippen LogP contribution in [-0.4, -0.2) is 61.2 Å². The molecule has 1 N–H and O–H groups in total. The van der Waals surface area contributed by atoms with E-state index in [2.05, 4.69) is 72.9 Å². The van der Waals surface area contributed by atoms with Gasteiger partial charge in [0.15, 0.2) is 0 Å². The van der Waals surface area contributed by atoms with Crippen molar-refractivity contribution in [2.24, 2.45) is 0 Å². The highest BCUT2D eigenvalue weighted by molar-refractivity contribution is 7.17. The highest BCUT2D eigenvalue weighted by atomic mass is 32.1. The number of para-hydroxylation sites is 1. The molecular formula is C26H29N5OS. The molecule has 4 aromatic rings. The molecule has 0 aliphatic carbocycles. The zero-order valence-electron chi connectivity index (χ0n) is 18.9. The molecule has 1 fully saturated rings. The molecule has 1 aliphatic rings. The summed E-state index contributed by atoms with van der Waals surface area (Å²) in [5.74, 6) is 1.78. The first kappa shape index (κ1) is 21.7. The Kier molecular flexibility index (Phi) is 6.69. The number of nitrogens with zero attached hydrogens (tertiary/aromatic N) is 4. The van der Waals surface area contributed by atoms with Crippen LogP contribution in [0, 0.1) is 0 Å². The van der Waals surface area contributed by atoms with Crippen molar-refractivity contribution in [2.45, 2.75) is 6.42 Å². The van der Waals surface area contributed by atoms with E-state index in [9.17, 15) is 0 Å². The summed E-state index contributed by atoms with van der Waals surface area (Å²) in [5, 5.41) is 6.84. The zero-order valence-corrected chi connectivity index (χ0v) is 19.7. The van der Waals surface area contributed by atoms with Gasteiger partial charge in [0.2, 0.25) is 0 Å². The molecule has 5 rings (SSSR count). The average molecular weight is 460 g/mol. The van der Waals surface area contributed by atoms with Gasteiger partial charge in [-0.2, -0.15) is 0 Å². The molecular weight excluding hydrogens is 430 g/mol. The molecule has 33 heavy (non-hydrogen) atoms. The second kappa shape index (κ2) is 10.2. The molecule has 1 saturated heterocycles. The first-order chi connectivity index (χ1) is 16.3. The van der Waals surface area contributed by atoms with Gasteiger partial charge < -0.3 is 15.0 Å². The number of nitrogens with one attached hydrogen (secondary N) is 1. The topological polar surface area (TPSA) is 53.5 Å². The summed E-state index contributed by atoms with van der Waals surface area (Å²) in [6.45, 7) is 6.38. The lowest BCUT2D eigenvalue weighted by molar-refractivity contribution is 0.257. The zero-order chi connectivity index (χ0) is 22.5. The van der Waals surface area contributed by atoms with Crippen LogP contribution in [0.15, 0.2) is 66.3 Å². The predicted octanol–water partition coefficient (Wildman–Crippen LogP) is 4.99. The third-order valence-electron chi connectivity index (χ3n) is 6.21. The minimum absolute atomic E-state index is 0.859. The summed E-state index contributed by atoms with van der Waals surface area (Å²) < 4.78 is 5.30. The number of anilines is 2. The molecule has 7 heteroatoms. The standard InChI is InChI=1S/C26H29N5OS/c1-32-22-10-8-20(9-11-22)23-18-33-26-24(23)25(28-19-29-26)27-12-5-13-30-14-16-31(17-15-30)21-6-3-2-4-7-21/h2-4,6-11,18-19H,5,12-17H2,1H3,(H,27,28,29). The van der Waals surface area contributed by atoms with Gasteiger partial charge in [0, 0.05) is 49.4 Å². The fraction of sp³-hybridized carbons (Fsp3) is 0.308. The Hall–Kier alpha value is -3.16. The smallest absolute Gasteiger partial charge is 0.138 e. The van der Waals surface area contributed by atoms with Crippen molar-refractivity contribution in [1.29, 1.82) is 0 Å². The van der Waals surface area contributed by atoms with E-state index in [4.69, 9.17) is 4.74 Å². The van der Waals surface area contributed by atoms with Crippen molar-refractivity contribution in [1.82, 2.24) is 14.9 Å². The van der Waals surface area contributed by atoms with Crippen molar-refractivity contribution in [3.05, 3.63) is 66.3 Å². The molecule has 6 nitrogen and oxygen atoms in total. The second-order valence-electron chi connectivity index (χ2n) is 8.22. The van der Waals surface area contributed by atoms with Crippen molar-refractivity contribution in [3.63, 3.8) is 0 Å². The van der Waals surface area contributed by atoms with Crippen LogP contribution in [0.2, 0.25) is 0 Å². The van der Waals surface area contributed by atoms with E-state index in [1.165, 1.54) is 5.69 Å². The van der Waals surface area contributed by atoms with Gasteiger partial charge in [0.25, 0.3) is 0 Å². The molecule has 0 saturated carbocycles. The van der Waals surface area contributed by atoms with E-state index in [1.54, 1.807) is 24.8 Å².